The first kappa shape index (κ1) is 14.7. The van der Waals surface area contributed by atoms with Gasteiger partial charge in [0.25, 0.3) is 0 Å². The molecule has 0 aliphatic rings. The fraction of sp³-hybridized carbons (Fsp3) is 0.0625. The number of nitrogens with zero attached hydrogens (tertiary/aromatic N) is 2. The van der Waals surface area contributed by atoms with Crippen molar-refractivity contribution in [3.8, 4) is 17.2 Å². The predicted molar refractivity (Wildman–Crippen MR) is 80.6 cm³/mol. The maximum atomic E-state index is 13.2. The highest BCUT2D eigenvalue weighted by Gasteiger charge is 2.16. The SMILES string of the molecule is COc1ccc(NC(=O)c2nnc(-c3cccc(F)c3)o2)cc1. The van der Waals surface area contributed by atoms with Gasteiger partial charge in [0.1, 0.15) is 11.6 Å². The standard InChI is InChI=1S/C16H12FN3O3/c1-22-13-7-5-12(6-8-13)18-14(21)16-20-19-15(23-16)10-3-2-4-11(17)9-10/h2-9H,1H3,(H,18,21). The van der Waals surface area contributed by atoms with Crippen LogP contribution in [0.15, 0.2) is 52.9 Å². The van der Waals surface area contributed by atoms with Crippen molar-refractivity contribution in [3.05, 3.63) is 60.2 Å². The molecule has 0 bridgehead atoms. The highest BCUT2D eigenvalue weighted by atomic mass is 19.1. The lowest BCUT2D eigenvalue weighted by atomic mass is 10.2. The van der Waals surface area contributed by atoms with Crippen molar-refractivity contribution in [2.45, 2.75) is 0 Å². The van der Waals surface area contributed by atoms with Crippen LogP contribution in [0.2, 0.25) is 0 Å². The Morgan fingerprint density at radius 3 is 2.65 bits per heavy atom. The highest BCUT2D eigenvalue weighted by molar-refractivity contribution is 6.00. The van der Waals surface area contributed by atoms with E-state index in [0.29, 0.717) is 17.0 Å². The maximum Gasteiger partial charge on any atom is 0.313 e. The lowest BCUT2D eigenvalue weighted by Crippen LogP contribution is -2.12. The van der Waals surface area contributed by atoms with E-state index in [1.54, 1.807) is 37.4 Å². The van der Waals surface area contributed by atoms with E-state index in [9.17, 15) is 9.18 Å². The number of rotatable bonds is 4. The van der Waals surface area contributed by atoms with Crippen LogP contribution in [0.1, 0.15) is 10.7 Å². The highest BCUT2D eigenvalue weighted by Crippen LogP contribution is 2.20. The van der Waals surface area contributed by atoms with Crippen LogP contribution in [0, 0.1) is 5.82 Å². The molecule has 116 valence electrons. The summed E-state index contributed by atoms with van der Waals surface area (Å²) in [6.07, 6.45) is 0. The number of benzene rings is 2. The Kier molecular flexibility index (Phi) is 4.01. The largest absolute Gasteiger partial charge is 0.497 e. The van der Waals surface area contributed by atoms with Gasteiger partial charge >= 0.3 is 11.8 Å². The van der Waals surface area contributed by atoms with Gasteiger partial charge in [-0.05, 0) is 42.5 Å². The number of carbonyl (C=O) groups excluding carboxylic acids is 1. The molecule has 1 N–H and O–H groups in total. The molecule has 0 atom stereocenters. The molecule has 0 radical (unpaired) electrons. The third-order valence-electron chi connectivity index (χ3n) is 3.04. The molecule has 1 amide bonds. The van der Waals surface area contributed by atoms with E-state index in [2.05, 4.69) is 15.5 Å². The summed E-state index contributed by atoms with van der Waals surface area (Å²) in [4.78, 5) is 12.1. The van der Waals surface area contributed by atoms with Gasteiger partial charge in [0.05, 0.1) is 7.11 Å². The molecular weight excluding hydrogens is 301 g/mol. The van der Waals surface area contributed by atoms with Crippen LogP contribution in [0.4, 0.5) is 10.1 Å². The van der Waals surface area contributed by atoms with Gasteiger partial charge in [-0.25, -0.2) is 4.39 Å². The molecule has 1 aromatic heterocycles. The van der Waals surface area contributed by atoms with Gasteiger partial charge in [0.15, 0.2) is 0 Å². The first-order valence-electron chi connectivity index (χ1n) is 6.70. The second-order valence-corrected chi connectivity index (χ2v) is 4.61. The van der Waals surface area contributed by atoms with Crippen molar-refractivity contribution in [1.29, 1.82) is 0 Å². The second kappa shape index (κ2) is 6.27. The van der Waals surface area contributed by atoms with Crippen LogP contribution in [0.25, 0.3) is 11.5 Å². The van der Waals surface area contributed by atoms with E-state index in [-0.39, 0.29) is 11.8 Å². The summed E-state index contributed by atoms with van der Waals surface area (Å²) in [7, 11) is 1.56. The van der Waals surface area contributed by atoms with Gasteiger partial charge in [-0.1, -0.05) is 6.07 Å². The summed E-state index contributed by atoms with van der Waals surface area (Å²) in [6.45, 7) is 0. The molecule has 0 saturated carbocycles. The van der Waals surface area contributed by atoms with Gasteiger partial charge in [-0.15, -0.1) is 10.2 Å². The van der Waals surface area contributed by atoms with Crippen molar-refractivity contribution < 1.29 is 18.3 Å². The van der Waals surface area contributed by atoms with Crippen molar-refractivity contribution in [3.63, 3.8) is 0 Å². The van der Waals surface area contributed by atoms with Crippen molar-refractivity contribution in [1.82, 2.24) is 10.2 Å². The van der Waals surface area contributed by atoms with Crippen molar-refractivity contribution in [2.75, 3.05) is 12.4 Å². The summed E-state index contributed by atoms with van der Waals surface area (Å²) in [5.41, 5.74) is 0.960. The van der Waals surface area contributed by atoms with Gasteiger partial charge in [-0.3, -0.25) is 4.79 Å². The number of anilines is 1. The predicted octanol–water partition coefficient (Wildman–Crippen LogP) is 3.14. The Labute approximate surface area is 130 Å². The lowest BCUT2D eigenvalue weighted by Gasteiger charge is -2.03. The summed E-state index contributed by atoms with van der Waals surface area (Å²) in [5.74, 6) is -0.436. The molecule has 2 aromatic carbocycles. The Hall–Kier alpha value is -3.22. The Morgan fingerprint density at radius 1 is 1.17 bits per heavy atom. The normalized spacial score (nSPS) is 10.3. The quantitative estimate of drug-likeness (QED) is 0.800. The fourth-order valence-corrected chi connectivity index (χ4v) is 1.91. The van der Waals surface area contributed by atoms with E-state index in [1.807, 2.05) is 0 Å². The number of hydrogen-bond acceptors (Lipinski definition) is 5. The molecule has 23 heavy (non-hydrogen) atoms. The van der Waals surface area contributed by atoms with E-state index >= 15 is 0 Å². The monoisotopic (exact) mass is 313 g/mol. The number of hydrogen-bond donors (Lipinski definition) is 1. The fourth-order valence-electron chi connectivity index (χ4n) is 1.91. The summed E-state index contributed by atoms with van der Waals surface area (Å²) >= 11 is 0. The minimum Gasteiger partial charge on any atom is -0.497 e. The Balaban J connectivity index is 1.75. The van der Waals surface area contributed by atoms with Gasteiger partial charge in [0.2, 0.25) is 5.89 Å². The zero-order chi connectivity index (χ0) is 16.2. The van der Waals surface area contributed by atoms with Crippen LogP contribution in [0.3, 0.4) is 0 Å². The molecule has 0 fully saturated rings. The second-order valence-electron chi connectivity index (χ2n) is 4.61. The molecule has 0 saturated heterocycles. The maximum absolute atomic E-state index is 13.2. The van der Waals surface area contributed by atoms with E-state index in [1.165, 1.54) is 18.2 Å². The van der Waals surface area contributed by atoms with Crippen LogP contribution in [-0.4, -0.2) is 23.2 Å². The molecule has 1 heterocycles. The van der Waals surface area contributed by atoms with Gasteiger partial charge < -0.3 is 14.5 Å². The summed E-state index contributed by atoms with van der Waals surface area (Å²) < 4.78 is 23.5. The number of carbonyl (C=O) groups is 1. The number of amides is 1. The molecule has 6 nitrogen and oxygen atoms in total. The van der Waals surface area contributed by atoms with Gasteiger partial charge in [-0.2, -0.15) is 0 Å². The van der Waals surface area contributed by atoms with Crippen LogP contribution in [0.5, 0.6) is 5.75 Å². The zero-order valence-electron chi connectivity index (χ0n) is 12.1. The summed E-state index contributed by atoms with van der Waals surface area (Å²) in [5, 5.41) is 10.1. The number of nitrogens with one attached hydrogen (secondary N) is 1. The van der Waals surface area contributed by atoms with Crippen LogP contribution in [-0.2, 0) is 0 Å². The molecule has 0 spiro atoms. The number of halogens is 1. The molecule has 3 aromatic rings. The molecule has 3 rings (SSSR count). The van der Waals surface area contributed by atoms with Crippen molar-refractivity contribution in [2.24, 2.45) is 0 Å². The van der Waals surface area contributed by atoms with Crippen LogP contribution >= 0.6 is 0 Å². The molecular formula is C16H12FN3O3. The summed E-state index contributed by atoms with van der Waals surface area (Å²) in [6, 6.07) is 12.5. The minimum absolute atomic E-state index is 0.0735. The van der Waals surface area contributed by atoms with E-state index in [4.69, 9.17) is 9.15 Å². The average Bonchev–Trinajstić information content (AvgIpc) is 3.06. The van der Waals surface area contributed by atoms with Gasteiger partial charge in [0, 0.05) is 11.3 Å². The number of ether oxygens (including phenoxy) is 1. The lowest BCUT2D eigenvalue weighted by molar-refractivity contribution is 0.0991. The van der Waals surface area contributed by atoms with Crippen molar-refractivity contribution >= 4 is 11.6 Å². The minimum atomic E-state index is -0.551. The first-order chi connectivity index (χ1) is 11.2. The van der Waals surface area contributed by atoms with E-state index in [0.717, 1.165) is 0 Å². The molecule has 0 aliphatic heterocycles. The third-order valence-corrected chi connectivity index (χ3v) is 3.04. The van der Waals surface area contributed by atoms with E-state index < -0.39 is 11.7 Å². The Bertz CT molecular complexity index is 831. The molecule has 0 unspecified atom stereocenters. The zero-order valence-corrected chi connectivity index (χ0v) is 12.1. The average molecular weight is 313 g/mol. The number of methoxy groups -OCH3 is 1. The third kappa shape index (κ3) is 3.34. The Morgan fingerprint density at radius 2 is 1.96 bits per heavy atom. The number of aromatic nitrogens is 2. The smallest absolute Gasteiger partial charge is 0.313 e. The molecule has 7 heteroatoms. The first-order valence-corrected chi connectivity index (χ1v) is 6.70. The molecule has 0 aliphatic carbocycles. The topological polar surface area (TPSA) is 77.2 Å². The van der Waals surface area contributed by atoms with Crippen LogP contribution < -0.4 is 10.1 Å².